The van der Waals surface area contributed by atoms with Crippen LogP contribution in [0, 0.1) is 12.7 Å². The first-order valence-electron chi connectivity index (χ1n) is 4.13. The van der Waals surface area contributed by atoms with E-state index in [1.165, 1.54) is 12.3 Å². The number of pyridine rings is 1. The molecule has 2 rings (SSSR count). The number of nitrogens with zero attached hydrogens (tertiary/aromatic N) is 3. The molecule has 0 saturated carbocycles. The van der Waals surface area contributed by atoms with Crippen LogP contribution in [0.15, 0.2) is 18.5 Å². The number of halogens is 1. The lowest BCUT2D eigenvalue weighted by molar-refractivity contribution is 0.103. The maximum absolute atomic E-state index is 13.2. The van der Waals surface area contributed by atoms with Gasteiger partial charge in [0.2, 0.25) is 5.78 Å². The van der Waals surface area contributed by atoms with Gasteiger partial charge in [-0.25, -0.2) is 4.39 Å². The van der Waals surface area contributed by atoms with Crippen molar-refractivity contribution in [2.45, 2.75) is 6.92 Å². The van der Waals surface area contributed by atoms with Crippen molar-refractivity contribution in [3.05, 3.63) is 40.4 Å². The maximum Gasteiger partial charge on any atom is 0.209 e. The lowest BCUT2D eigenvalue weighted by atomic mass is 10.1. The SMILES string of the molecule is Cc1nnsc1C(=O)c1ccncc1F. The van der Waals surface area contributed by atoms with Crippen LogP contribution < -0.4 is 0 Å². The van der Waals surface area contributed by atoms with Crippen molar-refractivity contribution >= 4 is 17.3 Å². The van der Waals surface area contributed by atoms with Crippen molar-refractivity contribution in [2.75, 3.05) is 0 Å². The van der Waals surface area contributed by atoms with Crippen LogP contribution in [-0.4, -0.2) is 20.4 Å². The molecule has 0 bridgehead atoms. The highest BCUT2D eigenvalue weighted by atomic mass is 32.1. The van der Waals surface area contributed by atoms with Gasteiger partial charge in [0, 0.05) is 6.20 Å². The van der Waals surface area contributed by atoms with Crippen LogP contribution in [-0.2, 0) is 0 Å². The topological polar surface area (TPSA) is 55.7 Å². The molecule has 2 aromatic heterocycles. The summed E-state index contributed by atoms with van der Waals surface area (Å²) in [4.78, 5) is 15.7. The van der Waals surface area contributed by atoms with E-state index in [2.05, 4.69) is 14.6 Å². The zero-order valence-corrected chi connectivity index (χ0v) is 8.58. The molecule has 0 aromatic carbocycles. The summed E-state index contributed by atoms with van der Waals surface area (Å²) in [5, 5.41) is 3.70. The summed E-state index contributed by atoms with van der Waals surface area (Å²) in [7, 11) is 0. The van der Waals surface area contributed by atoms with E-state index >= 15 is 0 Å². The smallest absolute Gasteiger partial charge is 0.209 e. The summed E-state index contributed by atoms with van der Waals surface area (Å²) < 4.78 is 16.9. The maximum atomic E-state index is 13.2. The molecule has 0 unspecified atom stereocenters. The fourth-order valence-electron chi connectivity index (χ4n) is 1.12. The molecule has 0 fully saturated rings. The van der Waals surface area contributed by atoms with E-state index in [1.54, 1.807) is 6.92 Å². The molecule has 6 heteroatoms. The molecule has 0 aliphatic heterocycles. The summed E-state index contributed by atoms with van der Waals surface area (Å²) in [6.07, 6.45) is 2.39. The summed E-state index contributed by atoms with van der Waals surface area (Å²) >= 11 is 0.963. The van der Waals surface area contributed by atoms with Crippen LogP contribution in [0.2, 0.25) is 0 Å². The molecule has 15 heavy (non-hydrogen) atoms. The number of ketones is 1. The van der Waals surface area contributed by atoms with Crippen LogP contribution in [0.4, 0.5) is 4.39 Å². The number of rotatable bonds is 2. The summed E-state index contributed by atoms with van der Waals surface area (Å²) in [6, 6.07) is 1.34. The Morgan fingerprint density at radius 3 is 2.93 bits per heavy atom. The highest BCUT2D eigenvalue weighted by Crippen LogP contribution is 2.16. The number of hydrogen-bond acceptors (Lipinski definition) is 5. The van der Waals surface area contributed by atoms with Crippen molar-refractivity contribution in [1.82, 2.24) is 14.6 Å². The van der Waals surface area contributed by atoms with E-state index in [0.29, 0.717) is 10.6 Å². The Hall–Kier alpha value is -1.69. The predicted octanol–water partition coefficient (Wildman–Crippen LogP) is 1.61. The molecular formula is C9H6FN3OS. The Labute approximate surface area is 89.0 Å². The van der Waals surface area contributed by atoms with Crippen LogP contribution >= 0.6 is 11.5 Å². The van der Waals surface area contributed by atoms with E-state index in [0.717, 1.165) is 17.7 Å². The number of aromatic nitrogens is 3. The van der Waals surface area contributed by atoms with Gasteiger partial charge in [0.25, 0.3) is 0 Å². The Kier molecular flexibility index (Phi) is 2.51. The van der Waals surface area contributed by atoms with E-state index < -0.39 is 11.6 Å². The second-order valence-corrected chi connectivity index (χ2v) is 3.63. The van der Waals surface area contributed by atoms with E-state index in [4.69, 9.17) is 0 Å². The molecule has 2 heterocycles. The van der Waals surface area contributed by atoms with Gasteiger partial charge in [0.05, 0.1) is 17.5 Å². The van der Waals surface area contributed by atoms with Crippen molar-refractivity contribution < 1.29 is 9.18 Å². The van der Waals surface area contributed by atoms with Gasteiger partial charge >= 0.3 is 0 Å². The van der Waals surface area contributed by atoms with E-state index in [9.17, 15) is 9.18 Å². The minimum absolute atomic E-state index is 0.000787. The Balaban J connectivity index is 2.46. The zero-order chi connectivity index (χ0) is 10.8. The van der Waals surface area contributed by atoms with Gasteiger partial charge < -0.3 is 0 Å². The number of carbonyl (C=O) groups excluding carboxylic acids is 1. The normalized spacial score (nSPS) is 10.3. The number of aryl methyl sites for hydroxylation is 1. The quantitative estimate of drug-likeness (QED) is 0.726. The fraction of sp³-hybridized carbons (Fsp3) is 0.111. The fourth-order valence-corrected chi connectivity index (χ4v) is 1.73. The van der Waals surface area contributed by atoms with Gasteiger partial charge in [-0.2, -0.15) is 0 Å². The molecule has 0 aliphatic rings. The minimum atomic E-state index is -0.629. The average molecular weight is 223 g/mol. The first-order chi connectivity index (χ1) is 7.20. The lowest BCUT2D eigenvalue weighted by Crippen LogP contribution is -2.04. The van der Waals surface area contributed by atoms with Gasteiger partial charge in [-0.05, 0) is 24.5 Å². The molecule has 76 valence electrons. The third-order valence-electron chi connectivity index (χ3n) is 1.87. The summed E-state index contributed by atoms with van der Waals surface area (Å²) in [6.45, 7) is 1.66. The molecule has 0 spiro atoms. The average Bonchev–Trinajstić information content (AvgIpc) is 2.64. The highest BCUT2D eigenvalue weighted by molar-refractivity contribution is 7.08. The van der Waals surface area contributed by atoms with Gasteiger partial charge in [-0.3, -0.25) is 9.78 Å². The van der Waals surface area contributed by atoms with Crippen molar-refractivity contribution in [1.29, 1.82) is 0 Å². The minimum Gasteiger partial charge on any atom is -0.287 e. The Morgan fingerprint density at radius 1 is 1.53 bits per heavy atom. The third-order valence-corrected chi connectivity index (χ3v) is 2.70. The molecule has 0 aliphatic carbocycles. The summed E-state index contributed by atoms with van der Waals surface area (Å²) in [5.74, 6) is -1.03. The van der Waals surface area contributed by atoms with E-state index in [1.807, 2.05) is 0 Å². The van der Waals surface area contributed by atoms with Gasteiger partial charge in [0.1, 0.15) is 4.88 Å². The molecule has 2 aromatic rings. The van der Waals surface area contributed by atoms with Gasteiger partial charge in [-0.1, -0.05) is 4.49 Å². The van der Waals surface area contributed by atoms with Crippen LogP contribution in [0.5, 0.6) is 0 Å². The van der Waals surface area contributed by atoms with Crippen molar-refractivity contribution in [3.8, 4) is 0 Å². The lowest BCUT2D eigenvalue weighted by Gasteiger charge is -1.98. The summed E-state index contributed by atoms with van der Waals surface area (Å²) in [5.41, 5.74) is 0.514. The molecule has 4 nitrogen and oxygen atoms in total. The molecule has 0 amide bonds. The first kappa shape index (κ1) is 9.85. The largest absolute Gasteiger partial charge is 0.287 e. The Bertz CT molecular complexity index is 512. The Morgan fingerprint density at radius 2 is 2.33 bits per heavy atom. The number of hydrogen-bond donors (Lipinski definition) is 0. The van der Waals surface area contributed by atoms with Gasteiger partial charge in [0.15, 0.2) is 5.82 Å². The van der Waals surface area contributed by atoms with Crippen molar-refractivity contribution in [3.63, 3.8) is 0 Å². The van der Waals surface area contributed by atoms with E-state index in [-0.39, 0.29) is 5.56 Å². The second-order valence-electron chi connectivity index (χ2n) is 2.87. The number of carbonyl (C=O) groups is 1. The third kappa shape index (κ3) is 1.75. The van der Waals surface area contributed by atoms with Gasteiger partial charge in [-0.15, -0.1) is 5.10 Å². The second kappa shape index (κ2) is 3.82. The first-order valence-corrected chi connectivity index (χ1v) is 4.90. The van der Waals surface area contributed by atoms with Crippen LogP contribution in [0.25, 0.3) is 0 Å². The molecule has 0 N–H and O–H groups in total. The van der Waals surface area contributed by atoms with Crippen LogP contribution in [0.1, 0.15) is 20.9 Å². The molecule has 0 atom stereocenters. The molecule has 0 radical (unpaired) electrons. The predicted molar refractivity (Wildman–Crippen MR) is 52.3 cm³/mol. The van der Waals surface area contributed by atoms with Crippen molar-refractivity contribution in [2.24, 2.45) is 0 Å². The standard InChI is InChI=1S/C9H6FN3OS/c1-5-9(15-13-12-5)8(14)6-2-3-11-4-7(6)10/h2-4H,1H3. The zero-order valence-electron chi connectivity index (χ0n) is 7.77. The molecule has 0 saturated heterocycles. The highest BCUT2D eigenvalue weighted by Gasteiger charge is 2.18. The monoisotopic (exact) mass is 223 g/mol. The van der Waals surface area contributed by atoms with Crippen LogP contribution in [0.3, 0.4) is 0 Å². The molecular weight excluding hydrogens is 217 g/mol.